The van der Waals surface area contributed by atoms with Crippen molar-refractivity contribution in [3.05, 3.63) is 12.7 Å². The number of carbonyl (C=O) groups is 1. The fraction of sp³-hybridized carbons (Fsp3) is 0.727. The summed E-state index contributed by atoms with van der Waals surface area (Å²) in [6, 6.07) is 0.374. The van der Waals surface area contributed by atoms with E-state index in [0.717, 1.165) is 12.8 Å². The van der Waals surface area contributed by atoms with Crippen LogP contribution in [0.4, 0.5) is 0 Å². The van der Waals surface area contributed by atoms with Crippen LogP contribution < -0.4 is 5.32 Å². The van der Waals surface area contributed by atoms with Gasteiger partial charge in [-0.25, -0.2) is 0 Å². The molecule has 1 fully saturated rings. The van der Waals surface area contributed by atoms with Gasteiger partial charge in [0.05, 0.1) is 0 Å². The normalized spacial score (nSPS) is 22.3. The molecule has 1 rings (SSSR count). The van der Waals surface area contributed by atoms with Crippen molar-refractivity contribution in [1.82, 2.24) is 5.32 Å². The molecule has 0 saturated heterocycles. The predicted molar refractivity (Wildman–Crippen MR) is 54.4 cm³/mol. The van der Waals surface area contributed by atoms with Gasteiger partial charge in [0.25, 0.3) is 0 Å². The zero-order valence-corrected chi connectivity index (χ0v) is 8.60. The summed E-state index contributed by atoms with van der Waals surface area (Å²) in [6.07, 6.45) is 5.96. The molecular formula is C11H19NO. The predicted octanol–water partition coefficient (Wildman–Crippen LogP) is 2.26. The molecule has 2 heteroatoms. The maximum atomic E-state index is 11.0. The molecule has 0 aromatic carbocycles. The molecule has 13 heavy (non-hydrogen) atoms. The Morgan fingerprint density at radius 1 is 1.46 bits per heavy atom. The maximum absolute atomic E-state index is 11.0. The summed E-state index contributed by atoms with van der Waals surface area (Å²) >= 11 is 0. The maximum Gasteiger partial charge on any atom is 0.243 e. The number of carbonyl (C=O) groups excluding carboxylic acids is 1. The largest absolute Gasteiger partial charge is 0.350 e. The standard InChI is InChI=1S/C11H19NO/c1-4-10(13)12-9-5-7-11(2,3)8-6-9/h4,9H,1,5-8H2,2-3H3,(H,12,13). The lowest BCUT2D eigenvalue weighted by Gasteiger charge is -2.34. The van der Waals surface area contributed by atoms with E-state index in [4.69, 9.17) is 0 Å². The summed E-state index contributed by atoms with van der Waals surface area (Å²) in [5, 5.41) is 2.95. The topological polar surface area (TPSA) is 29.1 Å². The molecule has 1 saturated carbocycles. The Morgan fingerprint density at radius 2 is 2.00 bits per heavy atom. The summed E-state index contributed by atoms with van der Waals surface area (Å²) in [5.41, 5.74) is 0.468. The number of amides is 1. The van der Waals surface area contributed by atoms with E-state index < -0.39 is 0 Å². The van der Waals surface area contributed by atoms with Crippen LogP contribution in [0.1, 0.15) is 39.5 Å². The molecule has 1 amide bonds. The second-order valence-corrected chi connectivity index (χ2v) is 4.65. The zero-order chi connectivity index (χ0) is 9.90. The number of nitrogens with one attached hydrogen (secondary N) is 1. The third kappa shape index (κ3) is 3.21. The van der Waals surface area contributed by atoms with Gasteiger partial charge < -0.3 is 5.32 Å². The fourth-order valence-electron chi connectivity index (χ4n) is 1.80. The Morgan fingerprint density at radius 3 is 2.46 bits per heavy atom. The van der Waals surface area contributed by atoms with Gasteiger partial charge in [-0.1, -0.05) is 20.4 Å². The number of rotatable bonds is 2. The minimum atomic E-state index is -0.0373. The van der Waals surface area contributed by atoms with Crippen molar-refractivity contribution in [2.24, 2.45) is 5.41 Å². The van der Waals surface area contributed by atoms with Crippen molar-refractivity contribution in [3.8, 4) is 0 Å². The molecule has 0 spiro atoms. The van der Waals surface area contributed by atoms with Crippen LogP contribution in [-0.2, 0) is 4.79 Å². The van der Waals surface area contributed by atoms with E-state index in [0.29, 0.717) is 11.5 Å². The van der Waals surface area contributed by atoms with Crippen LogP contribution in [0.15, 0.2) is 12.7 Å². The highest BCUT2D eigenvalue weighted by Gasteiger charge is 2.26. The van der Waals surface area contributed by atoms with Crippen LogP contribution in [0, 0.1) is 5.41 Å². The summed E-state index contributed by atoms with van der Waals surface area (Å²) in [5.74, 6) is -0.0373. The number of hydrogen-bond donors (Lipinski definition) is 1. The molecular weight excluding hydrogens is 162 g/mol. The van der Waals surface area contributed by atoms with Crippen LogP contribution in [0.5, 0.6) is 0 Å². The lowest BCUT2D eigenvalue weighted by Crippen LogP contribution is -2.38. The monoisotopic (exact) mass is 181 g/mol. The van der Waals surface area contributed by atoms with Gasteiger partial charge in [0.1, 0.15) is 0 Å². The minimum absolute atomic E-state index is 0.0373. The molecule has 0 unspecified atom stereocenters. The van der Waals surface area contributed by atoms with Gasteiger partial charge in [-0.05, 0) is 37.2 Å². The summed E-state index contributed by atoms with van der Waals surface area (Å²) in [7, 11) is 0. The first kappa shape index (κ1) is 10.3. The van der Waals surface area contributed by atoms with Gasteiger partial charge in [-0.3, -0.25) is 4.79 Å². The van der Waals surface area contributed by atoms with E-state index in [-0.39, 0.29) is 5.91 Å². The van der Waals surface area contributed by atoms with Crippen molar-refractivity contribution < 1.29 is 4.79 Å². The minimum Gasteiger partial charge on any atom is -0.350 e. The van der Waals surface area contributed by atoms with Crippen LogP contribution in [0.25, 0.3) is 0 Å². The molecule has 2 nitrogen and oxygen atoms in total. The van der Waals surface area contributed by atoms with Gasteiger partial charge in [0.2, 0.25) is 5.91 Å². The first-order valence-electron chi connectivity index (χ1n) is 4.96. The Balaban J connectivity index is 2.33. The van der Waals surface area contributed by atoms with Crippen molar-refractivity contribution >= 4 is 5.91 Å². The Labute approximate surface area is 80.4 Å². The molecule has 74 valence electrons. The molecule has 1 aliphatic rings. The van der Waals surface area contributed by atoms with Gasteiger partial charge in [-0.15, -0.1) is 0 Å². The molecule has 0 radical (unpaired) electrons. The molecule has 0 heterocycles. The van der Waals surface area contributed by atoms with E-state index in [1.54, 1.807) is 0 Å². The second kappa shape index (κ2) is 3.95. The molecule has 0 aliphatic heterocycles. The van der Waals surface area contributed by atoms with Crippen molar-refractivity contribution in [2.45, 2.75) is 45.6 Å². The average Bonchev–Trinajstić information content (AvgIpc) is 2.08. The van der Waals surface area contributed by atoms with Crippen molar-refractivity contribution in [2.75, 3.05) is 0 Å². The highest BCUT2D eigenvalue weighted by molar-refractivity contribution is 5.87. The van der Waals surface area contributed by atoms with E-state index in [2.05, 4.69) is 25.7 Å². The van der Waals surface area contributed by atoms with Crippen LogP contribution in [0.3, 0.4) is 0 Å². The van der Waals surface area contributed by atoms with Crippen molar-refractivity contribution in [1.29, 1.82) is 0 Å². The van der Waals surface area contributed by atoms with Crippen LogP contribution in [0.2, 0.25) is 0 Å². The average molecular weight is 181 g/mol. The van der Waals surface area contributed by atoms with Gasteiger partial charge >= 0.3 is 0 Å². The summed E-state index contributed by atoms with van der Waals surface area (Å²) in [6.45, 7) is 8.02. The lowest BCUT2D eigenvalue weighted by molar-refractivity contribution is -0.117. The lowest BCUT2D eigenvalue weighted by atomic mass is 9.75. The second-order valence-electron chi connectivity index (χ2n) is 4.65. The molecule has 1 aliphatic carbocycles. The smallest absolute Gasteiger partial charge is 0.243 e. The molecule has 0 aromatic rings. The van der Waals surface area contributed by atoms with Crippen molar-refractivity contribution in [3.63, 3.8) is 0 Å². The third-order valence-electron chi connectivity index (χ3n) is 2.87. The summed E-state index contributed by atoms with van der Waals surface area (Å²) in [4.78, 5) is 11.0. The Kier molecular flexibility index (Phi) is 3.12. The first-order valence-corrected chi connectivity index (χ1v) is 4.96. The van der Waals surface area contributed by atoms with Crippen LogP contribution in [-0.4, -0.2) is 11.9 Å². The highest BCUT2D eigenvalue weighted by atomic mass is 16.1. The Hall–Kier alpha value is -0.790. The molecule has 0 atom stereocenters. The third-order valence-corrected chi connectivity index (χ3v) is 2.87. The van der Waals surface area contributed by atoms with Crippen LogP contribution >= 0.6 is 0 Å². The Bertz CT molecular complexity index is 198. The molecule has 0 aromatic heterocycles. The fourth-order valence-corrected chi connectivity index (χ4v) is 1.80. The van der Waals surface area contributed by atoms with E-state index >= 15 is 0 Å². The first-order chi connectivity index (χ1) is 6.03. The SMILES string of the molecule is C=CC(=O)NC1CCC(C)(C)CC1. The highest BCUT2D eigenvalue weighted by Crippen LogP contribution is 2.34. The quantitative estimate of drug-likeness (QED) is 0.650. The summed E-state index contributed by atoms with van der Waals surface area (Å²) < 4.78 is 0. The number of hydrogen-bond acceptors (Lipinski definition) is 1. The van der Waals surface area contributed by atoms with E-state index in [9.17, 15) is 4.79 Å². The molecule has 1 N–H and O–H groups in total. The molecule has 0 bridgehead atoms. The van der Waals surface area contributed by atoms with Gasteiger partial charge in [0, 0.05) is 6.04 Å². The van der Waals surface area contributed by atoms with E-state index in [1.807, 2.05) is 0 Å². The zero-order valence-electron chi connectivity index (χ0n) is 8.60. The van der Waals surface area contributed by atoms with E-state index in [1.165, 1.54) is 18.9 Å². The van der Waals surface area contributed by atoms with Gasteiger partial charge in [0.15, 0.2) is 0 Å². The van der Waals surface area contributed by atoms with Gasteiger partial charge in [-0.2, -0.15) is 0 Å².